The van der Waals surface area contributed by atoms with E-state index < -0.39 is 0 Å². The summed E-state index contributed by atoms with van der Waals surface area (Å²) < 4.78 is 5.50. The fourth-order valence-corrected chi connectivity index (χ4v) is 3.60. The molecule has 2 heterocycles. The van der Waals surface area contributed by atoms with Gasteiger partial charge in [0.25, 0.3) is 0 Å². The van der Waals surface area contributed by atoms with Crippen molar-refractivity contribution < 1.29 is 4.52 Å². The summed E-state index contributed by atoms with van der Waals surface area (Å²) in [5.74, 6) is 2.29. The topological polar surface area (TPSA) is 42.2 Å². The molecule has 0 N–H and O–H groups in total. The molecule has 1 saturated heterocycles. The van der Waals surface area contributed by atoms with Crippen LogP contribution in [0, 0.1) is 26.7 Å². The van der Waals surface area contributed by atoms with Crippen molar-refractivity contribution in [1.29, 1.82) is 0 Å². The molecule has 4 nitrogen and oxygen atoms in total. The van der Waals surface area contributed by atoms with Crippen LogP contribution in [0.25, 0.3) is 0 Å². The van der Waals surface area contributed by atoms with Gasteiger partial charge in [-0.2, -0.15) is 4.98 Å². The third kappa shape index (κ3) is 3.99. The lowest BCUT2D eigenvalue weighted by molar-refractivity contribution is 0.208. The summed E-state index contributed by atoms with van der Waals surface area (Å²) in [7, 11) is 2.19. The number of benzene rings is 1. The van der Waals surface area contributed by atoms with Crippen LogP contribution in [0.15, 0.2) is 16.7 Å². The van der Waals surface area contributed by atoms with Gasteiger partial charge in [0, 0.05) is 12.8 Å². The number of hydrogen-bond donors (Lipinski definition) is 0. The number of hydrogen-bond acceptors (Lipinski definition) is 4. The van der Waals surface area contributed by atoms with Crippen LogP contribution in [0.3, 0.4) is 0 Å². The van der Waals surface area contributed by atoms with Gasteiger partial charge in [-0.3, -0.25) is 0 Å². The van der Waals surface area contributed by atoms with E-state index in [0.29, 0.717) is 5.92 Å². The Morgan fingerprint density at radius 3 is 2.43 bits per heavy atom. The van der Waals surface area contributed by atoms with Crippen molar-refractivity contribution in [2.45, 2.75) is 46.5 Å². The number of piperidine rings is 1. The van der Waals surface area contributed by atoms with Gasteiger partial charge in [-0.15, -0.1) is 0 Å². The third-order valence-corrected chi connectivity index (χ3v) is 4.99. The maximum atomic E-state index is 5.50. The first-order chi connectivity index (χ1) is 11.0. The molecule has 0 radical (unpaired) electrons. The van der Waals surface area contributed by atoms with Gasteiger partial charge in [0.2, 0.25) is 5.89 Å². The normalized spacial score (nSPS) is 16.9. The van der Waals surface area contributed by atoms with Gasteiger partial charge in [0.05, 0.1) is 0 Å². The number of aryl methyl sites for hydroxylation is 3. The van der Waals surface area contributed by atoms with Gasteiger partial charge in [0.15, 0.2) is 5.82 Å². The standard InChI is InChI=1S/C19H27N3O/c1-13-9-14(2)17(15(3)10-13)12-18-20-19(23-21-18)11-16-5-7-22(4)8-6-16/h9-10,16H,5-8,11-12H2,1-4H3. The molecule has 1 aromatic heterocycles. The highest BCUT2D eigenvalue weighted by atomic mass is 16.5. The molecule has 23 heavy (non-hydrogen) atoms. The average Bonchev–Trinajstić information content (AvgIpc) is 2.93. The largest absolute Gasteiger partial charge is 0.339 e. The van der Waals surface area contributed by atoms with Crippen LogP contribution in [0.4, 0.5) is 0 Å². The minimum atomic E-state index is 0.683. The number of nitrogens with zero attached hydrogens (tertiary/aromatic N) is 3. The van der Waals surface area contributed by atoms with Crippen molar-refractivity contribution in [3.8, 4) is 0 Å². The number of likely N-dealkylation sites (tertiary alicyclic amines) is 1. The van der Waals surface area contributed by atoms with E-state index in [1.54, 1.807) is 0 Å². The van der Waals surface area contributed by atoms with Gasteiger partial charge < -0.3 is 9.42 Å². The second-order valence-electron chi connectivity index (χ2n) is 7.11. The van der Waals surface area contributed by atoms with E-state index in [1.165, 1.54) is 48.2 Å². The first kappa shape index (κ1) is 16.2. The van der Waals surface area contributed by atoms with Crippen molar-refractivity contribution in [2.24, 2.45) is 5.92 Å². The van der Waals surface area contributed by atoms with E-state index in [9.17, 15) is 0 Å². The fourth-order valence-electron chi connectivity index (χ4n) is 3.60. The molecule has 124 valence electrons. The zero-order valence-electron chi connectivity index (χ0n) is 14.7. The van der Waals surface area contributed by atoms with Crippen molar-refractivity contribution >= 4 is 0 Å². The molecule has 1 aliphatic rings. The SMILES string of the molecule is Cc1cc(C)c(Cc2noc(CC3CCN(C)CC3)n2)c(C)c1. The Morgan fingerprint density at radius 2 is 1.78 bits per heavy atom. The Labute approximate surface area is 138 Å². The van der Waals surface area contributed by atoms with E-state index in [0.717, 1.165) is 24.6 Å². The summed E-state index contributed by atoms with van der Waals surface area (Å²) in [6.07, 6.45) is 4.14. The van der Waals surface area contributed by atoms with Crippen LogP contribution in [0.2, 0.25) is 0 Å². The average molecular weight is 313 g/mol. The molecule has 3 rings (SSSR count). The Hall–Kier alpha value is -1.68. The second-order valence-corrected chi connectivity index (χ2v) is 7.11. The number of rotatable bonds is 4. The molecule has 0 saturated carbocycles. The van der Waals surface area contributed by atoms with E-state index in [4.69, 9.17) is 4.52 Å². The minimum absolute atomic E-state index is 0.683. The highest BCUT2D eigenvalue weighted by Crippen LogP contribution is 2.22. The van der Waals surface area contributed by atoms with Crippen LogP contribution in [0.1, 0.15) is 46.8 Å². The van der Waals surface area contributed by atoms with E-state index in [-0.39, 0.29) is 0 Å². The molecule has 0 aliphatic carbocycles. The maximum absolute atomic E-state index is 5.50. The van der Waals surface area contributed by atoms with Gasteiger partial charge in [-0.05, 0) is 76.4 Å². The summed E-state index contributed by atoms with van der Waals surface area (Å²) in [5, 5.41) is 4.20. The van der Waals surface area contributed by atoms with E-state index >= 15 is 0 Å². The van der Waals surface area contributed by atoms with Gasteiger partial charge in [0.1, 0.15) is 0 Å². The van der Waals surface area contributed by atoms with Crippen LogP contribution in [-0.2, 0) is 12.8 Å². The van der Waals surface area contributed by atoms with Crippen molar-refractivity contribution in [1.82, 2.24) is 15.0 Å². The molecule has 1 fully saturated rings. The van der Waals surface area contributed by atoms with Gasteiger partial charge >= 0.3 is 0 Å². The third-order valence-electron chi connectivity index (χ3n) is 4.99. The Balaban J connectivity index is 1.66. The Bertz CT molecular complexity index is 646. The van der Waals surface area contributed by atoms with E-state index in [1.807, 2.05) is 0 Å². The highest BCUT2D eigenvalue weighted by molar-refractivity contribution is 5.38. The van der Waals surface area contributed by atoms with Crippen LogP contribution in [-0.4, -0.2) is 35.2 Å². The van der Waals surface area contributed by atoms with Crippen LogP contribution in [0.5, 0.6) is 0 Å². The minimum Gasteiger partial charge on any atom is -0.339 e. The Morgan fingerprint density at radius 1 is 1.13 bits per heavy atom. The molecule has 0 spiro atoms. The maximum Gasteiger partial charge on any atom is 0.226 e. The van der Waals surface area contributed by atoms with Crippen molar-refractivity contribution in [2.75, 3.05) is 20.1 Å². The molecule has 1 aliphatic heterocycles. The molecule has 2 aromatic rings. The summed E-state index contributed by atoms with van der Waals surface area (Å²) in [6, 6.07) is 4.45. The van der Waals surface area contributed by atoms with Crippen LogP contribution >= 0.6 is 0 Å². The highest BCUT2D eigenvalue weighted by Gasteiger charge is 2.20. The first-order valence-electron chi connectivity index (χ1n) is 8.58. The predicted octanol–water partition coefficient (Wildman–Crippen LogP) is 3.47. The zero-order valence-corrected chi connectivity index (χ0v) is 14.7. The molecule has 0 unspecified atom stereocenters. The van der Waals surface area contributed by atoms with Gasteiger partial charge in [-0.1, -0.05) is 22.9 Å². The van der Waals surface area contributed by atoms with Gasteiger partial charge in [-0.25, -0.2) is 0 Å². The smallest absolute Gasteiger partial charge is 0.226 e. The molecular formula is C19H27N3O. The molecule has 1 aromatic carbocycles. The monoisotopic (exact) mass is 313 g/mol. The van der Waals surface area contributed by atoms with Crippen molar-refractivity contribution in [3.05, 3.63) is 46.1 Å². The summed E-state index contributed by atoms with van der Waals surface area (Å²) in [4.78, 5) is 7.02. The van der Waals surface area contributed by atoms with Crippen molar-refractivity contribution in [3.63, 3.8) is 0 Å². The molecule has 4 heteroatoms. The molecular weight excluding hydrogens is 286 g/mol. The lowest BCUT2D eigenvalue weighted by Crippen LogP contribution is -2.30. The lowest BCUT2D eigenvalue weighted by atomic mass is 9.94. The molecule has 0 amide bonds. The zero-order chi connectivity index (χ0) is 16.4. The Kier molecular flexibility index (Phi) is 4.81. The number of aromatic nitrogens is 2. The fraction of sp³-hybridized carbons (Fsp3) is 0.579. The summed E-state index contributed by atoms with van der Waals surface area (Å²) >= 11 is 0. The first-order valence-corrected chi connectivity index (χ1v) is 8.58. The second kappa shape index (κ2) is 6.83. The lowest BCUT2D eigenvalue weighted by Gasteiger charge is -2.27. The molecule has 0 bridgehead atoms. The summed E-state index contributed by atoms with van der Waals surface area (Å²) in [5.41, 5.74) is 5.25. The van der Waals surface area contributed by atoms with Crippen LogP contribution < -0.4 is 0 Å². The quantitative estimate of drug-likeness (QED) is 0.867. The predicted molar refractivity (Wildman–Crippen MR) is 91.7 cm³/mol. The summed E-state index contributed by atoms with van der Waals surface area (Å²) in [6.45, 7) is 8.81. The molecule has 0 atom stereocenters. The van der Waals surface area contributed by atoms with E-state index in [2.05, 4.69) is 55.0 Å².